The maximum Gasteiger partial charge on any atom is 0.265 e. The monoisotopic (exact) mass is 428 g/mol. The highest BCUT2D eigenvalue weighted by Crippen LogP contribution is 2.28. The van der Waals surface area contributed by atoms with E-state index in [0.717, 1.165) is 20.2 Å². The molecular weight excluding hydrogens is 412 g/mol. The molecule has 0 bridgehead atoms. The Morgan fingerprint density at radius 2 is 1.03 bits per heavy atom. The van der Waals surface area contributed by atoms with Gasteiger partial charge in [0, 0.05) is 20.8 Å². The van der Waals surface area contributed by atoms with Crippen LogP contribution in [0.1, 0.15) is 19.3 Å². The lowest BCUT2D eigenvalue weighted by molar-refractivity contribution is 0.102. The second-order valence-electron chi connectivity index (χ2n) is 6.79. The minimum absolute atomic E-state index is 0.163. The molecule has 6 heteroatoms. The molecule has 0 aliphatic heterocycles. The molecule has 5 rings (SSSR count). The van der Waals surface area contributed by atoms with E-state index in [-0.39, 0.29) is 11.8 Å². The topological polar surface area (TPSA) is 58.2 Å². The van der Waals surface area contributed by atoms with Crippen molar-refractivity contribution in [3.63, 3.8) is 0 Å². The average Bonchev–Trinajstić information content (AvgIpc) is 3.38. The Bertz CT molecular complexity index is 1230. The SMILES string of the molecule is O=C(Nc1cccc(NC(=O)c2cc3ccccc3s2)c1)c1cc2ccccc2s1. The molecule has 0 saturated carbocycles. The number of thiophene rings is 2. The van der Waals surface area contributed by atoms with E-state index in [4.69, 9.17) is 0 Å². The normalized spacial score (nSPS) is 10.9. The fraction of sp³-hybridized carbons (Fsp3) is 0. The van der Waals surface area contributed by atoms with Gasteiger partial charge in [0.05, 0.1) is 9.75 Å². The first-order chi connectivity index (χ1) is 14.7. The Morgan fingerprint density at radius 3 is 1.50 bits per heavy atom. The van der Waals surface area contributed by atoms with Crippen LogP contribution in [0, 0.1) is 0 Å². The van der Waals surface area contributed by atoms with Crippen molar-refractivity contribution < 1.29 is 9.59 Å². The van der Waals surface area contributed by atoms with Gasteiger partial charge in [-0.2, -0.15) is 0 Å². The van der Waals surface area contributed by atoms with Crippen LogP contribution in [0.25, 0.3) is 20.2 Å². The number of nitrogens with one attached hydrogen (secondary N) is 2. The van der Waals surface area contributed by atoms with Crippen molar-refractivity contribution in [2.75, 3.05) is 10.6 Å². The maximum atomic E-state index is 12.7. The van der Waals surface area contributed by atoms with Crippen molar-refractivity contribution in [2.45, 2.75) is 0 Å². The van der Waals surface area contributed by atoms with Crippen LogP contribution in [0.15, 0.2) is 84.9 Å². The van der Waals surface area contributed by atoms with E-state index < -0.39 is 0 Å². The number of hydrogen-bond donors (Lipinski definition) is 2. The molecule has 2 heterocycles. The minimum Gasteiger partial charge on any atom is -0.321 e. The first-order valence-corrected chi connectivity index (χ1v) is 11.0. The summed E-state index contributed by atoms with van der Waals surface area (Å²) in [5.41, 5.74) is 1.26. The number of hydrogen-bond acceptors (Lipinski definition) is 4. The quantitative estimate of drug-likeness (QED) is 0.338. The molecular formula is C24H16N2O2S2. The smallest absolute Gasteiger partial charge is 0.265 e. The molecule has 0 radical (unpaired) electrons. The second-order valence-corrected chi connectivity index (χ2v) is 8.95. The zero-order chi connectivity index (χ0) is 20.5. The van der Waals surface area contributed by atoms with Crippen LogP contribution in [0.3, 0.4) is 0 Å². The van der Waals surface area contributed by atoms with Crippen molar-refractivity contribution in [2.24, 2.45) is 0 Å². The highest BCUT2D eigenvalue weighted by molar-refractivity contribution is 7.21. The Morgan fingerprint density at radius 1 is 0.567 bits per heavy atom. The lowest BCUT2D eigenvalue weighted by atomic mass is 10.2. The van der Waals surface area contributed by atoms with Gasteiger partial charge >= 0.3 is 0 Å². The number of carbonyl (C=O) groups excluding carboxylic acids is 2. The van der Waals surface area contributed by atoms with Gasteiger partial charge in [-0.3, -0.25) is 9.59 Å². The van der Waals surface area contributed by atoms with Crippen LogP contribution in [0.5, 0.6) is 0 Å². The second kappa shape index (κ2) is 7.74. The van der Waals surface area contributed by atoms with E-state index in [1.165, 1.54) is 22.7 Å². The van der Waals surface area contributed by atoms with Crippen molar-refractivity contribution >= 4 is 66.0 Å². The number of carbonyl (C=O) groups is 2. The number of anilines is 2. The zero-order valence-corrected chi connectivity index (χ0v) is 17.3. The van der Waals surface area contributed by atoms with E-state index in [2.05, 4.69) is 10.6 Å². The lowest BCUT2D eigenvalue weighted by Crippen LogP contribution is -2.12. The third-order valence-electron chi connectivity index (χ3n) is 4.68. The molecule has 0 saturated heterocycles. The van der Waals surface area contributed by atoms with E-state index in [0.29, 0.717) is 21.1 Å². The molecule has 2 amide bonds. The summed E-state index contributed by atoms with van der Waals surface area (Å²) in [4.78, 5) is 26.6. The highest BCUT2D eigenvalue weighted by atomic mass is 32.1. The Hall–Kier alpha value is -3.48. The van der Waals surface area contributed by atoms with Gasteiger partial charge in [0.25, 0.3) is 11.8 Å². The summed E-state index contributed by atoms with van der Waals surface area (Å²) in [5.74, 6) is -0.326. The maximum absolute atomic E-state index is 12.7. The van der Waals surface area contributed by atoms with Gasteiger partial charge < -0.3 is 10.6 Å². The molecule has 0 fully saturated rings. The van der Waals surface area contributed by atoms with Crippen molar-refractivity contribution in [1.82, 2.24) is 0 Å². The predicted octanol–water partition coefficient (Wildman–Crippen LogP) is 6.62. The van der Waals surface area contributed by atoms with Crippen molar-refractivity contribution in [1.29, 1.82) is 0 Å². The van der Waals surface area contributed by atoms with Gasteiger partial charge in [-0.05, 0) is 53.2 Å². The third-order valence-corrected chi connectivity index (χ3v) is 6.91. The van der Waals surface area contributed by atoms with Gasteiger partial charge in [0.15, 0.2) is 0 Å². The number of rotatable bonds is 4. The van der Waals surface area contributed by atoms with Gasteiger partial charge in [0.1, 0.15) is 0 Å². The van der Waals surface area contributed by atoms with Crippen LogP contribution in [-0.4, -0.2) is 11.8 Å². The van der Waals surface area contributed by atoms with Gasteiger partial charge in [0.2, 0.25) is 0 Å². The third kappa shape index (κ3) is 3.70. The first kappa shape index (κ1) is 18.5. The van der Waals surface area contributed by atoms with Crippen LogP contribution in [-0.2, 0) is 0 Å². The Labute approximate surface area is 180 Å². The largest absolute Gasteiger partial charge is 0.321 e. The highest BCUT2D eigenvalue weighted by Gasteiger charge is 2.13. The average molecular weight is 429 g/mol. The molecule has 146 valence electrons. The van der Waals surface area contributed by atoms with Crippen LogP contribution in [0.2, 0.25) is 0 Å². The zero-order valence-electron chi connectivity index (χ0n) is 15.7. The summed E-state index contributed by atoms with van der Waals surface area (Å²) in [6.45, 7) is 0. The molecule has 4 nitrogen and oxygen atoms in total. The fourth-order valence-corrected chi connectivity index (χ4v) is 5.16. The van der Waals surface area contributed by atoms with Crippen molar-refractivity contribution in [3.8, 4) is 0 Å². The van der Waals surface area contributed by atoms with E-state index in [1.807, 2.05) is 60.7 Å². The van der Waals surface area contributed by atoms with Gasteiger partial charge in [-0.1, -0.05) is 42.5 Å². The van der Waals surface area contributed by atoms with E-state index in [9.17, 15) is 9.59 Å². The molecule has 0 spiro atoms. The Balaban J connectivity index is 1.32. The first-order valence-electron chi connectivity index (χ1n) is 9.36. The summed E-state index contributed by atoms with van der Waals surface area (Å²) >= 11 is 2.92. The van der Waals surface area contributed by atoms with Crippen LogP contribution < -0.4 is 10.6 Å². The molecule has 0 atom stereocenters. The molecule has 0 unspecified atom stereocenters. The van der Waals surface area contributed by atoms with E-state index in [1.54, 1.807) is 24.3 Å². The molecule has 3 aromatic carbocycles. The van der Waals surface area contributed by atoms with Crippen LogP contribution >= 0.6 is 22.7 Å². The predicted molar refractivity (Wildman–Crippen MR) is 126 cm³/mol. The summed E-state index contributed by atoms with van der Waals surface area (Å²) in [5, 5.41) is 7.94. The summed E-state index contributed by atoms with van der Waals surface area (Å²) in [7, 11) is 0. The summed E-state index contributed by atoms with van der Waals surface area (Å²) < 4.78 is 2.15. The summed E-state index contributed by atoms with van der Waals surface area (Å²) in [6.07, 6.45) is 0. The number of fused-ring (bicyclic) bond motifs is 2. The standard InChI is InChI=1S/C24H16N2O2S2/c27-23(21-12-15-6-1-3-10-19(15)29-21)25-17-8-5-9-18(14-17)26-24(28)22-13-16-7-2-4-11-20(16)30-22/h1-14H,(H,25,27)(H,26,28). The molecule has 0 aliphatic rings. The van der Waals surface area contributed by atoms with Gasteiger partial charge in [-0.15, -0.1) is 22.7 Å². The van der Waals surface area contributed by atoms with Crippen LogP contribution in [0.4, 0.5) is 11.4 Å². The molecule has 0 aliphatic carbocycles. The molecule has 2 N–H and O–H groups in total. The number of amides is 2. The van der Waals surface area contributed by atoms with E-state index >= 15 is 0 Å². The Kier molecular flexibility index (Phi) is 4.78. The summed E-state index contributed by atoms with van der Waals surface area (Å²) in [6, 6.07) is 26.8. The molecule has 30 heavy (non-hydrogen) atoms. The lowest BCUT2D eigenvalue weighted by Gasteiger charge is -2.07. The fourth-order valence-electron chi connectivity index (χ4n) is 3.25. The number of benzene rings is 3. The minimum atomic E-state index is -0.163. The molecule has 2 aromatic heterocycles. The molecule has 5 aromatic rings. The van der Waals surface area contributed by atoms with Gasteiger partial charge in [-0.25, -0.2) is 0 Å². The van der Waals surface area contributed by atoms with Crippen molar-refractivity contribution in [3.05, 3.63) is 94.7 Å².